The summed E-state index contributed by atoms with van der Waals surface area (Å²) < 4.78 is 2.26. The van der Waals surface area contributed by atoms with Crippen LogP contribution in [0.15, 0.2) is 128 Å². The first-order chi connectivity index (χ1) is 21.2. The Hall–Kier alpha value is -6.48. The van der Waals surface area contributed by atoms with Crippen molar-refractivity contribution in [3.05, 3.63) is 144 Å². The molecular weight excluding hydrogens is 526 g/mol. The van der Waals surface area contributed by atoms with Gasteiger partial charge in [0.2, 0.25) is 0 Å². The maximum Gasteiger partial charge on any atom is 0.0998 e. The molecule has 0 atom stereocenters. The number of pyridine rings is 1. The van der Waals surface area contributed by atoms with E-state index in [1.54, 1.807) is 24.5 Å². The molecule has 0 bridgehead atoms. The predicted molar refractivity (Wildman–Crippen MR) is 169 cm³/mol. The summed E-state index contributed by atoms with van der Waals surface area (Å²) >= 11 is 0. The Bertz CT molecular complexity index is 2310. The summed E-state index contributed by atoms with van der Waals surface area (Å²) in [6, 6.07) is 44.6. The molecule has 2 heterocycles. The average Bonchev–Trinajstić information content (AvgIpc) is 3.41. The summed E-state index contributed by atoms with van der Waals surface area (Å²) in [5.41, 5.74) is 9.86. The van der Waals surface area contributed by atoms with Gasteiger partial charge in [0.1, 0.15) is 0 Å². The molecule has 5 nitrogen and oxygen atoms in total. The van der Waals surface area contributed by atoms with Gasteiger partial charge in [-0.2, -0.15) is 15.8 Å². The molecule has 7 rings (SSSR count). The molecule has 0 amide bonds. The second kappa shape index (κ2) is 10.5. The van der Waals surface area contributed by atoms with Crippen LogP contribution >= 0.6 is 0 Å². The van der Waals surface area contributed by atoms with E-state index in [4.69, 9.17) is 0 Å². The smallest absolute Gasteiger partial charge is 0.0998 e. The molecule has 0 radical (unpaired) electrons. The van der Waals surface area contributed by atoms with Gasteiger partial charge in [-0.15, -0.1) is 0 Å². The lowest BCUT2D eigenvalue weighted by Gasteiger charge is -2.17. The van der Waals surface area contributed by atoms with Gasteiger partial charge in [-0.1, -0.05) is 60.7 Å². The second-order valence-electron chi connectivity index (χ2n) is 10.2. The highest BCUT2D eigenvalue weighted by atomic mass is 15.0. The van der Waals surface area contributed by atoms with Crippen molar-refractivity contribution < 1.29 is 0 Å². The molecule has 5 heteroatoms. The van der Waals surface area contributed by atoms with E-state index in [0.29, 0.717) is 16.7 Å². The summed E-state index contributed by atoms with van der Waals surface area (Å²) in [7, 11) is 0. The van der Waals surface area contributed by atoms with Crippen molar-refractivity contribution in [2.75, 3.05) is 0 Å². The Kier molecular flexibility index (Phi) is 6.22. The number of fused-ring (bicyclic) bond motifs is 3. The first-order valence-corrected chi connectivity index (χ1v) is 13.7. The van der Waals surface area contributed by atoms with Gasteiger partial charge in [0.25, 0.3) is 0 Å². The fourth-order valence-corrected chi connectivity index (χ4v) is 5.84. The highest BCUT2D eigenvalue weighted by Crippen LogP contribution is 2.40. The SMILES string of the molecule is N#Cc1ccc(-c2ccc3c(c2)c2ccccc2n3-c2cc(-c3ccncc3)c(C#N)cc2-c2ccccc2)c(C#N)c1. The van der Waals surface area contributed by atoms with E-state index in [2.05, 4.69) is 70.2 Å². The van der Waals surface area contributed by atoms with Gasteiger partial charge < -0.3 is 4.57 Å². The molecule has 0 spiro atoms. The Labute approximate surface area is 248 Å². The Morgan fingerprint density at radius 3 is 1.95 bits per heavy atom. The molecule has 0 N–H and O–H groups in total. The van der Waals surface area contributed by atoms with Crippen molar-refractivity contribution in [1.82, 2.24) is 9.55 Å². The molecule has 0 aliphatic rings. The molecule has 0 saturated heterocycles. The molecule has 7 aromatic rings. The topological polar surface area (TPSA) is 89.2 Å². The van der Waals surface area contributed by atoms with Crippen molar-refractivity contribution in [2.24, 2.45) is 0 Å². The van der Waals surface area contributed by atoms with Crippen molar-refractivity contribution in [2.45, 2.75) is 0 Å². The first kappa shape index (κ1) is 25.5. The number of hydrogen-bond acceptors (Lipinski definition) is 4. The largest absolute Gasteiger partial charge is 0.309 e. The summed E-state index contributed by atoms with van der Waals surface area (Å²) in [6.07, 6.45) is 3.48. The molecule has 198 valence electrons. The maximum atomic E-state index is 10.2. The zero-order valence-electron chi connectivity index (χ0n) is 22.9. The van der Waals surface area contributed by atoms with Crippen LogP contribution in [0.5, 0.6) is 0 Å². The van der Waals surface area contributed by atoms with E-state index in [9.17, 15) is 15.8 Å². The minimum atomic E-state index is 0.456. The van der Waals surface area contributed by atoms with Crippen LogP contribution in [0.2, 0.25) is 0 Å². The molecule has 5 aromatic carbocycles. The summed E-state index contributed by atoms with van der Waals surface area (Å²) in [5, 5.41) is 31.5. The van der Waals surface area contributed by atoms with E-state index in [-0.39, 0.29) is 0 Å². The maximum absolute atomic E-state index is 10.2. The van der Waals surface area contributed by atoms with Crippen LogP contribution in [0.25, 0.3) is 60.9 Å². The quantitative estimate of drug-likeness (QED) is 0.220. The highest BCUT2D eigenvalue weighted by molar-refractivity contribution is 6.11. The number of benzene rings is 5. The van der Waals surface area contributed by atoms with Gasteiger partial charge in [-0.05, 0) is 76.9 Å². The minimum Gasteiger partial charge on any atom is -0.309 e. The third kappa shape index (κ3) is 4.28. The molecule has 0 aliphatic heterocycles. The van der Waals surface area contributed by atoms with E-state index >= 15 is 0 Å². The standard InChI is InChI=1S/C38H21N5/c39-22-25-10-12-31(29(18-25)23-40)28-11-13-37-35(19-28)32-8-4-5-9-36(32)43(37)38-21-33(27-14-16-42-17-15-27)30(24-41)20-34(38)26-6-2-1-3-7-26/h1-21H. The van der Waals surface area contributed by atoms with Gasteiger partial charge in [0.15, 0.2) is 0 Å². The molecule has 0 aliphatic carbocycles. The van der Waals surface area contributed by atoms with Gasteiger partial charge in [-0.3, -0.25) is 4.98 Å². The van der Waals surface area contributed by atoms with E-state index in [1.165, 1.54) is 0 Å². The highest BCUT2D eigenvalue weighted by Gasteiger charge is 2.20. The fraction of sp³-hybridized carbons (Fsp3) is 0. The van der Waals surface area contributed by atoms with Crippen LogP contribution in [-0.2, 0) is 0 Å². The Morgan fingerprint density at radius 1 is 0.488 bits per heavy atom. The second-order valence-corrected chi connectivity index (χ2v) is 10.2. The monoisotopic (exact) mass is 547 g/mol. The van der Waals surface area contributed by atoms with Crippen LogP contribution in [0.1, 0.15) is 16.7 Å². The van der Waals surface area contributed by atoms with Crippen molar-refractivity contribution in [1.29, 1.82) is 15.8 Å². The van der Waals surface area contributed by atoms with Crippen LogP contribution in [0.3, 0.4) is 0 Å². The van der Waals surface area contributed by atoms with Crippen LogP contribution in [-0.4, -0.2) is 9.55 Å². The van der Waals surface area contributed by atoms with E-state index in [0.717, 1.165) is 60.9 Å². The zero-order chi connectivity index (χ0) is 29.3. The van der Waals surface area contributed by atoms with Gasteiger partial charge in [0, 0.05) is 34.3 Å². The number of para-hydroxylation sites is 1. The number of hydrogen-bond donors (Lipinski definition) is 0. The van der Waals surface area contributed by atoms with Gasteiger partial charge >= 0.3 is 0 Å². The molecular formula is C38H21N5. The number of nitrogens with zero attached hydrogens (tertiary/aromatic N) is 5. The number of aromatic nitrogens is 2. The minimum absolute atomic E-state index is 0.456. The lowest BCUT2D eigenvalue weighted by atomic mass is 9.94. The third-order valence-corrected chi connectivity index (χ3v) is 7.83. The number of rotatable bonds is 4. The van der Waals surface area contributed by atoms with Crippen LogP contribution in [0, 0.1) is 34.0 Å². The predicted octanol–water partition coefficient (Wildman–Crippen LogP) is 8.79. The van der Waals surface area contributed by atoms with Crippen molar-refractivity contribution in [3.63, 3.8) is 0 Å². The summed E-state index contributed by atoms with van der Waals surface area (Å²) in [6.45, 7) is 0. The molecule has 0 unspecified atom stereocenters. The average molecular weight is 548 g/mol. The summed E-state index contributed by atoms with van der Waals surface area (Å²) in [5.74, 6) is 0. The summed E-state index contributed by atoms with van der Waals surface area (Å²) in [4.78, 5) is 4.18. The Balaban J connectivity index is 1.56. The van der Waals surface area contributed by atoms with E-state index in [1.807, 2.05) is 60.7 Å². The zero-order valence-corrected chi connectivity index (χ0v) is 22.9. The molecule has 2 aromatic heterocycles. The van der Waals surface area contributed by atoms with Crippen LogP contribution < -0.4 is 0 Å². The lowest BCUT2D eigenvalue weighted by molar-refractivity contribution is 1.18. The first-order valence-electron chi connectivity index (χ1n) is 13.7. The number of nitriles is 3. The Morgan fingerprint density at radius 2 is 1.19 bits per heavy atom. The lowest BCUT2D eigenvalue weighted by Crippen LogP contribution is -2.00. The molecule has 0 saturated carbocycles. The third-order valence-electron chi connectivity index (χ3n) is 7.83. The van der Waals surface area contributed by atoms with E-state index < -0.39 is 0 Å². The normalized spacial score (nSPS) is 10.7. The van der Waals surface area contributed by atoms with Crippen molar-refractivity contribution >= 4 is 21.8 Å². The molecule has 0 fully saturated rings. The fourth-order valence-electron chi connectivity index (χ4n) is 5.84. The van der Waals surface area contributed by atoms with Crippen molar-refractivity contribution in [3.8, 4) is 57.3 Å². The molecule has 43 heavy (non-hydrogen) atoms. The van der Waals surface area contributed by atoms with Gasteiger partial charge in [-0.25, -0.2) is 0 Å². The van der Waals surface area contributed by atoms with Crippen LogP contribution in [0.4, 0.5) is 0 Å². The van der Waals surface area contributed by atoms with Gasteiger partial charge in [0.05, 0.1) is 51.6 Å².